The molecule has 1 aromatic carbocycles. The van der Waals surface area contributed by atoms with Gasteiger partial charge in [-0.15, -0.1) is 0 Å². The van der Waals surface area contributed by atoms with Gasteiger partial charge in [0.2, 0.25) is 5.91 Å². The van der Waals surface area contributed by atoms with E-state index in [1.54, 1.807) is 31.3 Å². The van der Waals surface area contributed by atoms with E-state index in [2.05, 4.69) is 4.99 Å². The molecule has 2 amide bonds. The minimum absolute atomic E-state index is 0.250. The molecule has 1 saturated carbocycles. The highest BCUT2D eigenvalue weighted by molar-refractivity contribution is 6.30. The van der Waals surface area contributed by atoms with Crippen LogP contribution in [0.1, 0.15) is 5.56 Å². The third-order valence-electron chi connectivity index (χ3n) is 5.18. The second-order valence-corrected chi connectivity index (χ2v) is 5.66. The molecule has 4 rings (SSSR count). The van der Waals surface area contributed by atoms with Crippen LogP contribution < -0.4 is 10.6 Å². The summed E-state index contributed by atoms with van der Waals surface area (Å²) in [5.74, 6) is -1.53. The highest BCUT2D eigenvalue weighted by atomic mass is 16.2. The Balaban J connectivity index is 2.17. The number of anilines is 1. The molecule has 2 N–H and O–H groups in total. The Labute approximate surface area is 125 Å². The van der Waals surface area contributed by atoms with Gasteiger partial charge in [0.15, 0.2) is 10.8 Å². The first-order chi connectivity index (χ1) is 10.5. The summed E-state index contributed by atoms with van der Waals surface area (Å²) in [5.41, 5.74) is 1.71. The van der Waals surface area contributed by atoms with E-state index in [0.29, 0.717) is 11.3 Å². The number of rotatable bonds is 0. The fourth-order valence-electron chi connectivity index (χ4n) is 4.27. The van der Waals surface area contributed by atoms with Crippen LogP contribution in [0.4, 0.5) is 5.69 Å². The van der Waals surface area contributed by atoms with Gasteiger partial charge >= 0.3 is 0 Å². The topological polar surface area (TPSA) is 123 Å². The number of nitriles is 2. The summed E-state index contributed by atoms with van der Waals surface area (Å²) in [7, 11) is 1.55. The minimum atomic E-state index is -1.86. The molecule has 0 aromatic heterocycles. The number of hydrogen-bond donors (Lipinski definition) is 1. The van der Waals surface area contributed by atoms with Crippen LogP contribution in [-0.2, 0) is 15.0 Å². The number of hydrogen-bond acceptors (Lipinski definition) is 5. The van der Waals surface area contributed by atoms with Crippen LogP contribution in [0.25, 0.3) is 0 Å². The van der Waals surface area contributed by atoms with Gasteiger partial charge in [0, 0.05) is 12.7 Å². The Bertz CT molecular complexity index is 907. The Morgan fingerprint density at radius 2 is 1.82 bits per heavy atom. The lowest BCUT2D eigenvalue weighted by molar-refractivity contribution is -0.126. The maximum Gasteiger partial charge on any atom is 0.271 e. The van der Waals surface area contributed by atoms with E-state index >= 15 is 0 Å². The number of carbonyl (C=O) groups excluding carboxylic acids is 2. The molecule has 0 saturated heterocycles. The Hall–Kier alpha value is -3.19. The first-order valence-electron chi connectivity index (χ1n) is 6.56. The highest BCUT2D eigenvalue weighted by Crippen LogP contribution is 2.83. The van der Waals surface area contributed by atoms with Gasteiger partial charge in [-0.2, -0.15) is 15.5 Å². The quantitative estimate of drug-likeness (QED) is 0.710. The van der Waals surface area contributed by atoms with Crippen molar-refractivity contribution in [2.45, 2.75) is 5.41 Å². The van der Waals surface area contributed by atoms with E-state index in [-0.39, 0.29) is 5.84 Å². The minimum Gasteiger partial charge on any atom is -0.386 e. The van der Waals surface area contributed by atoms with Crippen molar-refractivity contribution in [2.24, 2.45) is 21.6 Å². The van der Waals surface area contributed by atoms with Crippen molar-refractivity contribution in [1.82, 2.24) is 0 Å². The number of amidine groups is 1. The van der Waals surface area contributed by atoms with Crippen molar-refractivity contribution in [3.05, 3.63) is 29.8 Å². The maximum atomic E-state index is 12.9. The number of nitrogens with zero attached hydrogens (tertiary/aromatic N) is 4. The summed E-state index contributed by atoms with van der Waals surface area (Å²) in [6.45, 7) is 0. The number of nitrogens with two attached hydrogens (primary N) is 1. The predicted molar refractivity (Wildman–Crippen MR) is 74.3 cm³/mol. The molecule has 0 bridgehead atoms. The fourth-order valence-corrected chi connectivity index (χ4v) is 4.27. The molecule has 106 valence electrons. The van der Waals surface area contributed by atoms with Crippen molar-refractivity contribution >= 4 is 23.3 Å². The average Bonchev–Trinajstić information content (AvgIpc) is 2.94. The monoisotopic (exact) mass is 291 g/mol. The summed E-state index contributed by atoms with van der Waals surface area (Å²) in [5, 5.41) is 19.4. The van der Waals surface area contributed by atoms with Gasteiger partial charge in [-0.1, -0.05) is 18.2 Å². The van der Waals surface area contributed by atoms with Crippen molar-refractivity contribution in [3.63, 3.8) is 0 Å². The van der Waals surface area contributed by atoms with Crippen LogP contribution in [0.5, 0.6) is 0 Å². The smallest absolute Gasteiger partial charge is 0.271 e. The molecule has 2 aliphatic heterocycles. The lowest BCUT2D eigenvalue weighted by Gasteiger charge is -2.15. The molecular weight excluding hydrogens is 282 g/mol. The molecule has 7 heteroatoms. The van der Waals surface area contributed by atoms with Crippen LogP contribution in [-0.4, -0.2) is 24.7 Å². The Morgan fingerprint density at radius 3 is 2.41 bits per heavy atom. The second kappa shape index (κ2) is 3.18. The van der Waals surface area contributed by atoms with E-state index < -0.39 is 28.1 Å². The van der Waals surface area contributed by atoms with Crippen molar-refractivity contribution in [3.8, 4) is 12.1 Å². The number of para-hydroxylation sites is 1. The summed E-state index contributed by atoms with van der Waals surface area (Å²) in [4.78, 5) is 30.3. The summed E-state index contributed by atoms with van der Waals surface area (Å²) in [6.07, 6.45) is 0. The molecule has 1 aliphatic carbocycles. The molecule has 0 unspecified atom stereocenters. The molecule has 1 aromatic rings. The molecule has 1 spiro atoms. The van der Waals surface area contributed by atoms with Gasteiger partial charge in [-0.05, 0) is 11.6 Å². The lowest BCUT2D eigenvalue weighted by atomic mass is 9.85. The standard InChI is InChI=1S/C15H9N5O2/c1-20-9-5-3-2-4-8(9)15(12(20)22)13(6-16)10(18)19-11(21)14(13,15)7-17/h2-5H,1H3,(H2,18,19,21)/t13-,14-,15-/m1/s1. The van der Waals surface area contributed by atoms with Crippen molar-refractivity contribution in [1.29, 1.82) is 10.5 Å². The van der Waals surface area contributed by atoms with E-state index in [9.17, 15) is 20.1 Å². The number of benzene rings is 1. The molecule has 7 nitrogen and oxygen atoms in total. The van der Waals surface area contributed by atoms with Gasteiger partial charge < -0.3 is 10.6 Å². The zero-order valence-corrected chi connectivity index (χ0v) is 11.5. The van der Waals surface area contributed by atoms with Gasteiger partial charge in [-0.3, -0.25) is 9.59 Å². The van der Waals surface area contributed by atoms with Crippen LogP contribution in [0, 0.1) is 33.5 Å². The Kier molecular flexibility index (Phi) is 1.81. The zero-order valence-electron chi connectivity index (χ0n) is 11.5. The first kappa shape index (κ1) is 12.5. The third-order valence-corrected chi connectivity index (χ3v) is 5.18. The van der Waals surface area contributed by atoms with Crippen LogP contribution in [0.2, 0.25) is 0 Å². The van der Waals surface area contributed by atoms with Gasteiger partial charge in [-0.25, -0.2) is 0 Å². The molecule has 3 aliphatic rings. The summed E-state index contributed by atoms with van der Waals surface area (Å²) < 4.78 is 0. The third kappa shape index (κ3) is 0.751. The van der Waals surface area contributed by atoms with Gasteiger partial charge in [0.1, 0.15) is 11.3 Å². The van der Waals surface area contributed by atoms with Crippen LogP contribution >= 0.6 is 0 Å². The molecule has 2 heterocycles. The zero-order chi connectivity index (χ0) is 15.9. The van der Waals surface area contributed by atoms with Gasteiger partial charge in [0.25, 0.3) is 5.91 Å². The van der Waals surface area contributed by atoms with E-state index in [4.69, 9.17) is 5.73 Å². The van der Waals surface area contributed by atoms with E-state index in [1.807, 2.05) is 12.1 Å². The first-order valence-corrected chi connectivity index (χ1v) is 6.56. The number of aliphatic imine (C=N–C) groups is 1. The predicted octanol–water partition coefficient (Wildman–Crippen LogP) is -0.168. The van der Waals surface area contributed by atoms with Gasteiger partial charge in [0.05, 0.1) is 12.1 Å². The average molecular weight is 291 g/mol. The van der Waals surface area contributed by atoms with E-state index in [1.165, 1.54) is 4.90 Å². The molecule has 1 fully saturated rings. The number of carbonyl (C=O) groups is 2. The van der Waals surface area contributed by atoms with E-state index in [0.717, 1.165) is 0 Å². The maximum absolute atomic E-state index is 12.9. The number of amides is 2. The molecule has 0 radical (unpaired) electrons. The second-order valence-electron chi connectivity index (χ2n) is 5.66. The van der Waals surface area contributed by atoms with Crippen LogP contribution in [0.15, 0.2) is 29.3 Å². The highest BCUT2D eigenvalue weighted by Gasteiger charge is 3.02. The molecule has 3 atom stereocenters. The fraction of sp³-hybridized carbons (Fsp3) is 0.267. The number of fused-ring (bicyclic) bond motifs is 5. The SMILES string of the molecule is CN1C(=O)[C@@]2(c3ccccc31)[C@]1(C#N)C(=O)N=C(N)[C@]12C#N. The lowest BCUT2D eigenvalue weighted by Crippen LogP contribution is -2.39. The number of likely N-dealkylation sites (N-methyl/N-ethyl adjacent to an activating group) is 1. The van der Waals surface area contributed by atoms with Crippen molar-refractivity contribution < 1.29 is 9.59 Å². The largest absolute Gasteiger partial charge is 0.386 e. The Morgan fingerprint density at radius 1 is 1.18 bits per heavy atom. The van der Waals surface area contributed by atoms with Crippen molar-refractivity contribution in [2.75, 3.05) is 11.9 Å². The summed E-state index contributed by atoms with van der Waals surface area (Å²) in [6, 6.07) is 10.7. The summed E-state index contributed by atoms with van der Waals surface area (Å²) >= 11 is 0. The molecule has 22 heavy (non-hydrogen) atoms. The normalized spacial score (nSPS) is 37.4. The molecular formula is C15H9N5O2. The van der Waals surface area contributed by atoms with Crippen LogP contribution in [0.3, 0.4) is 0 Å².